The van der Waals surface area contributed by atoms with Crippen molar-refractivity contribution in [2.75, 3.05) is 5.32 Å². The van der Waals surface area contributed by atoms with Gasteiger partial charge in [-0.2, -0.15) is 8.42 Å². The lowest BCUT2D eigenvalue weighted by molar-refractivity contribution is -0.119. The maximum absolute atomic E-state index is 12.3. The summed E-state index contributed by atoms with van der Waals surface area (Å²) in [5, 5.41) is 2.61. The van der Waals surface area contributed by atoms with Crippen molar-refractivity contribution in [2.24, 2.45) is 5.92 Å². The molecular weight excluding hydrogens is 275 g/mol. The Kier molecular flexibility index (Phi) is 3.98. The van der Waals surface area contributed by atoms with Crippen LogP contribution in [0.25, 0.3) is 0 Å². The number of aromatic nitrogens is 1. The first kappa shape index (κ1) is 13.7. The minimum Gasteiger partial charge on any atom is -0.357 e. The summed E-state index contributed by atoms with van der Waals surface area (Å²) in [6, 6.07) is 1.21. The van der Waals surface area contributed by atoms with Crippen LogP contribution in [0.1, 0.15) is 25.7 Å². The molecule has 1 amide bonds. The maximum Gasteiger partial charge on any atom is 0.488 e. The Balaban J connectivity index is 2.04. The average Bonchev–Trinajstić information content (AvgIpc) is 2.80. The van der Waals surface area contributed by atoms with Gasteiger partial charge in [0, 0.05) is 12.0 Å². The number of carbonyl (C=O) groups is 1. The molecule has 6 nitrogen and oxygen atoms in total. The molecule has 19 heavy (non-hydrogen) atoms. The summed E-state index contributed by atoms with van der Waals surface area (Å²) < 4.78 is 37.1. The highest BCUT2D eigenvalue weighted by atomic mass is 32.3. The lowest BCUT2D eigenvalue weighted by Gasteiger charge is -2.10. The maximum atomic E-state index is 12.3. The normalized spacial score (nSPS) is 16.3. The van der Waals surface area contributed by atoms with Gasteiger partial charge in [0.25, 0.3) is 0 Å². The van der Waals surface area contributed by atoms with Crippen molar-refractivity contribution in [3.05, 3.63) is 18.5 Å². The molecule has 1 saturated carbocycles. The second-order valence-corrected chi connectivity index (χ2v) is 5.31. The molecule has 0 aliphatic heterocycles. The predicted molar refractivity (Wildman–Crippen MR) is 65.5 cm³/mol. The zero-order chi connectivity index (χ0) is 13.9. The number of hydrogen-bond acceptors (Lipinski definition) is 5. The molecular formula is C11H13FN2O4S. The van der Waals surface area contributed by atoms with E-state index < -0.39 is 10.5 Å². The number of pyridine rings is 1. The lowest BCUT2D eigenvalue weighted by atomic mass is 10.1. The Morgan fingerprint density at radius 3 is 2.68 bits per heavy atom. The van der Waals surface area contributed by atoms with E-state index in [1.807, 2.05) is 0 Å². The zero-order valence-electron chi connectivity index (χ0n) is 10.0. The zero-order valence-corrected chi connectivity index (χ0v) is 10.8. The summed E-state index contributed by atoms with van der Waals surface area (Å²) in [4.78, 5) is 15.5. The topological polar surface area (TPSA) is 85.4 Å². The highest BCUT2D eigenvalue weighted by Crippen LogP contribution is 2.26. The van der Waals surface area contributed by atoms with E-state index in [1.165, 1.54) is 12.3 Å². The Labute approximate surface area is 110 Å². The van der Waals surface area contributed by atoms with Gasteiger partial charge >= 0.3 is 10.5 Å². The Morgan fingerprint density at radius 1 is 1.37 bits per heavy atom. The predicted octanol–water partition coefficient (Wildman–Crippen LogP) is 1.80. The molecule has 0 spiro atoms. The van der Waals surface area contributed by atoms with Crippen LogP contribution >= 0.6 is 0 Å². The van der Waals surface area contributed by atoms with Gasteiger partial charge in [-0.3, -0.25) is 9.78 Å². The molecule has 1 fully saturated rings. The molecule has 1 aromatic heterocycles. The molecule has 1 N–H and O–H groups in total. The monoisotopic (exact) mass is 288 g/mol. The Hall–Kier alpha value is -1.70. The molecule has 2 rings (SSSR count). The molecule has 1 heterocycles. The molecule has 104 valence electrons. The molecule has 0 bridgehead atoms. The minimum atomic E-state index is -5.09. The van der Waals surface area contributed by atoms with Crippen LogP contribution in [0.15, 0.2) is 18.5 Å². The fraction of sp³-hybridized carbons (Fsp3) is 0.455. The standard InChI is InChI=1S/C11H13FN2O4S/c12-19(16,17)18-10-5-9(6-13-7-10)14-11(15)8-3-1-2-4-8/h5-8H,1-4H2,(H,14,15). The van der Waals surface area contributed by atoms with Crippen LogP contribution in [0.4, 0.5) is 9.57 Å². The van der Waals surface area contributed by atoms with Crippen molar-refractivity contribution < 1.29 is 21.3 Å². The summed E-state index contributed by atoms with van der Waals surface area (Å²) in [6.07, 6.45) is 6.12. The molecule has 1 aliphatic carbocycles. The van der Waals surface area contributed by atoms with Crippen LogP contribution in [-0.2, 0) is 15.3 Å². The van der Waals surface area contributed by atoms with Crippen LogP contribution in [0.2, 0.25) is 0 Å². The van der Waals surface area contributed by atoms with Crippen LogP contribution in [-0.4, -0.2) is 19.3 Å². The van der Waals surface area contributed by atoms with E-state index in [0.29, 0.717) is 0 Å². The van der Waals surface area contributed by atoms with Gasteiger partial charge in [-0.25, -0.2) is 0 Å². The van der Waals surface area contributed by atoms with E-state index in [2.05, 4.69) is 14.5 Å². The lowest BCUT2D eigenvalue weighted by Crippen LogP contribution is -2.20. The van der Waals surface area contributed by atoms with Gasteiger partial charge in [0.2, 0.25) is 5.91 Å². The van der Waals surface area contributed by atoms with Crippen molar-refractivity contribution in [3.8, 4) is 5.75 Å². The molecule has 1 aliphatic rings. The van der Waals surface area contributed by atoms with Crippen LogP contribution in [0, 0.1) is 5.92 Å². The third-order valence-corrected chi connectivity index (χ3v) is 3.29. The van der Waals surface area contributed by atoms with Gasteiger partial charge in [0.1, 0.15) is 0 Å². The number of anilines is 1. The summed E-state index contributed by atoms with van der Waals surface area (Å²) >= 11 is 0. The third kappa shape index (κ3) is 4.16. The summed E-state index contributed by atoms with van der Waals surface area (Å²) in [7, 11) is -5.09. The number of rotatable bonds is 4. The first-order valence-corrected chi connectivity index (χ1v) is 7.15. The summed E-state index contributed by atoms with van der Waals surface area (Å²) in [5.41, 5.74) is 0.276. The fourth-order valence-electron chi connectivity index (χ4n) is 2.08. The SMILES string of the molecule is O=C(Nc1cncc(OS(=O)(=O)F)c1)C1CCCC1. The fourth-order valence-corrected chi connectivity index (χ4v) is 2.40. The number of nitrogens with zero attached hydrogens (tertiary/aromatic N) is 1. The van der Waals surface area contributed by atoms with E-state index in [9.17, 15) is 17.1 Å². The van der Waals surface area contributed by atoms with Crippen molar-refractivity contribution in [1.82, 2.24) is 4.98 Å². The Morgan fingerprint density at radius 2 is 2.05 bits per heavy atom. The third-order valence-electron chi connectivity index (χ3n) is 2.90. The smallest absolute Gasteiger partial charge is 0.357 e. The highest BCUT2D eigenvalue weighted by molar-refractivity contribution is 7.81. The van der Waals surface area contributed by atoms with Crippen LogP contribution in [0.5, 0.6) is 5.75 Å². The molecule has 8 heteroatoms. The molecule has 0 aromatic carbocycles. The number of nitrogens with one attached hydrogen (secondary N) is 1. The molecule has 0 unspecified atom stereocenters. The molecule has 1 aromatic rings. The summed E-state index contributed by atoms with van der Waals surface area (Å²) in [6.45, 7) is 0. The van der Waals surface area contributed by atoms with E-state index in [4.69, 9.17) is 0 Å². The summed E-state index contributed by atoms with van der Waals surface area (Å²) in [5.74, 6) is -0.458. The quantitative estimate of drug-likeness (QED) is 0.854. The minimum absolute atomic E-state index is 0.0329. The highest BCUT2D eigenvalue weighted by Gasteiger charge is 2.22. The van der Waals surface area contributed by atoms with Crippen molar-refractivity contribution in [1.29, 1.82) is 0 Å². The Bertz CT molecular complexity index is 570. The molecule has 0 saturated heterocycles. The van der Waals surface area contributed by atoms with Gasteiger partial charge in [-0.05, 0) is 12.8 Å². The number of halogens is 1. The van der Waals surface area contributed by atoms with Crippen LogP contribution in [0.3, 0.4) is 0 Å². The second-order valence-electron chi connectivity index (χ2n) is 4.36. The second kappa shape index (κ2) is 5.52. The van der Waals surface area contributed by atoms with Gasteiger partial charge in [-0.15, -0.1) is 0 Å². The van der Waals surface area contributed by atoms with Crippen molar-refractivity contribution in [3.63, 3.8) is 0 Å². The largest absolute Gasteiger partial charge is 0.488 e. The van der Waals surface area contributed by atoms with Crippen molar-refractivity contribution >= 4 is 22.1 Å². The van der Waals surface area contributed by atoms with E-state index in [0.717, 1.165) is 31.9 Å². The van der Waals surface area contributed by atoms with E-state index >= 15 is 0 Å². The average molecular weight is 288 g/mol. The first-order valence-electron chi connectivity index (χ1n) is 5.84. The van der Waals surface area contributed by atoms with Gasteiger partial charge in [-0.1, -0.05) is 16.7 Å². The van der Waals surface area contributed by atoms with Crippen LogP contribution < -0.4 is 9.50 Å². The van der Waals surface area contributed by atoms with Crippen molar-refractivity contribution in [2.45, 2.75) is 25.7 Å². The van der Waals surface area contributed by atoms with E-state index in [-0.39, 0.29) is 23.3 Å². The first-order chi connectivity index (χ1) is 8.94. The van der Waals surface area contributed by atoms with Gasteiger partial charge in [0.15, 0.2) is 5.75 Å². The molecule has 0 atom stereocenters. The van der Waals surface area contributed by atoms with Gasteiger partial charge in [0.05, 0.1) is 18.1 Å². The number of amides is 1. The number of hydrogen-bond donors (Lipinski definition) is 1. The molecule has 0 radical (unpaired) electrons. The number of carbonyl (C=O) groups excluding carboxylic acids is 1. The van der Waals surface area contributed by atoms with E-state index in [1.54, 1.807) is 0 Å². The van der Waals surface area contributed by atoms with Gasteiger partial charge < -0.3 is 9.50 Å².